The molecule has 0 N–H and O–H groups in total. The van der Waals surface area contributed by atoms with Gasteiger partial charge in [-0.05, 0) is 24.9 Å². The summed E-state index contributed by atoms with van der Waals surface area (Å²) in [7, 11) is 0. The molecule has 0 saturated heterocycles. The fourth-order valence-corrected chi connectivity index (χ4v) is 2.29. The highest BCUT2D eigenvalue weighted by molar-refractivity contribution is 5.22. The van der Waals surface area contributed by atoms with E-state index in [1.807, 2.05) is 6.20 Å². The van der Waals surface area contributed by atoms with Crippen LogP contribution in [0.5, 0.6) is 0 Å². The predicted molar refractivity (Wildman–Crippen MR) is 74.6 cm³/mol. The minimum Gasteiger partial charge on any atom is -0.297 e. The van der Waals surface area contributed by atoms with Crippen molar-refractivity contribution in [3.05, 3.63) is 23.3 Å². The summed E-state index contributed by atoms with van der Waals surface area (Å²) in [6.45, 7) is 12.1. The summed E-state index contributed by atoms with van der Waals surface area (Å²) in [4.78, 5) is 11.8. The van der Waals surface area contributed by atoms with Gasteiger partial charge in [0.1, 0.15) is 5.82 Å². The van der Waals surface area contributed by atoms with E-state index in [1.54, 1.807) is 0 Å². The molecule has 0 spiro atoms. The Hall–Kier alpha value is -0.960. The summed E-state index contributed by atoms with van der Waals surface area (Å²) in [5.41, 5.74) is 2.63. The molecule has 18 heavy (non-hydrogen) atoms. The third kappa shape index (κ3) is 3.08. The van der Waals surface area contributed by atoms with E-state index in [4.69, 9.17) is 4.98 Å². The van der Waals surface area contributed by atoms with Crippen molar-refractivity contribution in [3.63, 3.8) is 0 Å². The third-order valence-corrected chi connectivity index (χ3v) is 3.52. The van der Waals surface area contributed by atoms with Crippen molar-refractivity contribution in [2.24, 2.45) is 0 Å². The van der Waals surface area contributed by atoms with Crippen LogP contribution in [0.15, 0.2) is 6.20 Å². The lowest BCUT2D eigenvalue weighted by atomic mass is 9.95. The Morgan fingerprint density at radius 3 is 2.78 bits per heavy atom. The number of nitrogens with zero attached hydrogens (tertiary/aromatic N) is 3. The summed E-state index contributed by atoms with van der Waals surface area (Å²) in [5, 5.41) is 0. The molecule has 0 amide bonds. The van der Waals surface area contributed by atoms with E-state index < -0.39 is 0 Å². The number of hydrogen-bond acceptors (Lipinski definition) is 3. The van der Waals surface area contributed by atoms with Crippen LogP contribution in [0.2, 0.25) is 0 Å². The smallest absolute Gasteiger partial charge is 0.133 e. The van der Waals surface area contributed by atoms with Gasteiger partial charge in [0.2, 0.25) is 0 Å². The minimum atomic E-state index is 0.0424. The number of hydrogen-bond donors (Lipinski definition) is 0. The second-order valence-electron chi connectivity index (χ2n) is 6.30. The van der Waals surface area contributed by atoms with Crippen LogP contribution < -0.4 is 0 Å². The number of aromatic nitrogens is 2. The summed E-state index contributed by atoms with van der Waals surface area (Å²) < 4.78 is 0. The maximum absolute atomic E-state index is 4.79. The van der Waals surface area contributed by atoms with Crippen LogP contribution in [0.4, 0.5) is 0 Å². The van der Waals surface area contributed by atoms with Gasteiger partial charge >= 0.3 is 0 Å². The van der Waals surface area contributed by atoms with E-state index in [9.17, 15) is 0 Å². The third-order valence-electron chi connectivity index (χ3n) is 3.52. The van der Waals surface area contributed by atoms with Gasteiger partial charge in [0, 0.05) is 24.7 Å². The zero-order valence-corrected chi connectivity index (χ0v) is 12.2. The molecule has 1 aliphatic rings. The van der Waals surface area contributed by atoms with Crippen molar-refractivity contribution in [1.29, 1.82) is 0 Å². The molecule has 0 aromatic carbocycles. The number of fused-ring (bicyclic) bond motifs is 1. The van der Waals surface area contributed by atoms with Gasteiger partial charge in [0.15, 0.2) is 0 Å². The van der Waals surface area contributed by atoms with E-state index in [2.05, 4.69) is 37.6 Å². The molecule has 0 fully saturated rings. The molecule has 3 heteroatoms. The van der Waals surface area contributed by atoms with Crippen LogP contribution in [-0.4, -0.2) is 28.0 Å². The molecular weight excluding hydrogens is 222 g/mol. The second-order valence-corrected chi connectivity index (χ2v) is 6.30. The van der Waals surface area contributed by atoms with Gasteiger partial charge in [-0.2, -0.15) is 0 Å². The highest BCUT2D eigenvalue weighted by Gasteiger charge is 2.22. The van der Waals surface area contributed by atoms with Gasteiger partial charge in [-0.1, -0.05) is 34.1 Å². The first kappa shape index (κ1) is 13.5. The van der Waals surface area contributed by atoms with Crippen LogP contribution in [0.3, 0.4) is 0 Å². The molecule has 0 atom stereocenters. The highest BCUT2D eigenvalue weighted by Crippen LogP contribution is 2.22. The second kappa shape index (κ2) is 5.35. The summed E-state index contributed by atoms with van der Waals surface area (Å²) in [6.07, 6.45) is 5.69. The SMILES string of the molecule is CCCCN1CCc2cnc(C(C)(C)C)nc2C1. The first-order valence-electron chi connectivity index (χ1n) is 7.08. The molecule has 0 unspecified atom stereocenters. The van der Waals surface area contributed by atoms with Crippen molar-refractivity contribution in [3.8, 4) is 0 Å². The van der Waals surface area contributed by atoms with Gasteiger partial charge in [0.05, 0.1) is 5.69 Å². The molecule has 0 saturated carbocycles. The number of rotatable bonds is 3. The lowest BCUT2D eigenvalue weighted by Gasteiger charge is -2.29. The molecule has 1 aliphatic heterocycles. The average molecular weight is 247 g/mol. The molecular formula is C15H25N3. The van der Waals surface area contributed by atoms with Crippen molar-refractivity contribution < 1.29 is 0 Å². The standard InChI is InChI=1S/C15H25N3/c1-5-6-8-18-9-7-12-10-16-14(15(2,3)4)17-13(12)11-18/h10H,5-9,11H2,1-4H3. The Kier molecular flexibility index (Phi) is 4.00. The first-order valence-corrected chi connectivity index (χ1v) is 7.08. The van der Waals surface area contributed by atoms with E-state index in [-0.39, 0.29) is 5.41 Å². The molecule has 100 valence electrons. The lowest BCUT2D eigenvalue weighted by Crippen LogP contribution is -2.33. The van der Waals surface area contributed by atoms with Crippen LogP contribution in [-0.2, 0) is 18.4 Å². The fraction of sp³-hybridized carbons (Fsp3) is 0.733. The summed E-state index contributed by atoms with van der Waals surface area (Å²) >= 11 is 0. The predicted octanol–water partition coefficient (Wildman–Crippen LogP) is 2.93. The van der Waals surface area contributed by atoms with Crippen molar-refractivity contribution in [2.75, 3.05) is 13.1 Å². The van der Waals surface area contributed by atoms with E-state index in [0.717, 1.165) is 25.3 Å². The minimum absolute atomic E-state index is 0.0424. The summed E-state index contributed by atoms with van der Waals surface area (Å²) in [5.74, 6) is 0.971. The lowest BCUT2D eigenvalue weighted by molar-refractivity contribution is 0.245. The monoisotopic (exact) mass is 247 g/mol. The van der Waals surface area contributed by atoms with E-state index in [1.165, 1.54) is 30.6 Å². The van der Waals surface area contributed by atoms with Crippen LogP contribution in [0, 0.1) is 0 Å². The van der Waals surface area contributed by atoms with Crippen LogP contribution in [0.25, 0.3) is 0 Å². The molecule has 0 aliphatic carbocycles. The molecule has 0 radical (unpaired) electrons. The molecule has 0 bridgehead atoms. The molecule has 2 heterocycles. The number of unbranched alkanes of at least 4 members (excludes halogenated alkanes) is 1. The quantitative estimate of drug-likeness (QED) is 0.822. The van der Waals surface area contributed by atoms with Crippen molar-refractivity contribution in [1.82, 2.24) is 14.9 Å². The Morgan fingerprint density at radius 1 is 1.33 bits per heavy atom. The van der Waals surface area contributed by atoms with E-state index >= 15 is 0 Å². The van der Waals surface area contributed by atoms with E-state index in [0.29, 0.717) is 0 Å². The maximum atomic E-state index is 4.79. The van der Waals surface area contributed by atoms with Crippen molar-refractivity contribution >= 4 is 0 Å². The Morgan fingerprint density at radius 2 is 2.11 bits per heavy atom. The van der Waals surface area contributed by atoms with Gasteiger partial charge in [-0.15, -0.1) is 0 Å². The molecule has 3 nitrogen and oxygen atoms in total. The van der Waals surface area contributed by atoms with Gasteiger partial charge in [0.25, 0.3) is 0 Å². The molecule has 2 rings (SSSR count). The topological polar surface area (TPSA) is 29.0 Å². The zero-order valence-electron chi connectivity index (χ0n) is 12.2. The maximum Gasteiger partial charge on any atom is 0.133 e. The normalized spacial score (nSPS) is 16.7. The highest BCUT2D eigenvalue weighted by atomic mass is 15.1. The fourth-order valence-electron chi connectivity index (χ4n) is 2.29. The Bertz CT molecular complexity index is 407. The Labute approximate surface area is 111 Å². The van der Waals surface area contributed by atoms with Crippen LogP contribution in [0.1, 0.15) is 57.6 Å². The van der Waals surface area contributed by atoms with Gasteiger partial charge in [-0.25, -0.2) is 9.97 Å². The molecule has 1 aromatic heterocycles. The Balaban J connectivity index is 2.14. The average Bonchev–Trinajstić information content (AvgIpc) is 2.34. The molecule has 1 aromatic rings. The van der Waals surface area contributed by atoms with Crippen molar-refractivity contribution in [2.45, 2.75) is 58.9 Å². The van der Waals surface area contributed by atoms with Gasteiger partial charge in [-0.3, -0.25) is 4.90 Å². The van der Waals surface area contributed by atoms with Crippen LogP contribution >= 0.6 is 0 Å². The van der Waals surface area contributed by atoms with Gasteiger partial charge < -0.3 is 0 Å². The summed E-state index contributed by atoms with van der Waals surface area (Å²) in [6, 6.07) is 0. The first-order chi connectivity index (χ1) is 8.50. The largest absolute Gasteiger partial charge is 0.297 e. The zero-order chi connectivity index (χ0) is 13.2.